The van der Waals surface area contributed by atoms with E-state index in [-0.39, 0.29) is 46.0 Å². The minimum atomic E-state index is -0.634. The van der Waals surface area contributed by atoms with Crippen LogP contribution in [0.2, 0.25) is 0 Å². The van der Waals surface area contributed by atoms with Gasteiger partial charge in [0.2, 0.25) is 5.78 Å². The van der Waals surface area contributed by atoms with Gasteiger partial charge in [-0.2, -0.15) is 0 Å². The van der Waals surface area contributed by atoms with Crippen molar-refractivity contribution in [2.24, 2.45) is 0 Å². The summed E-state index contributed by atoms with van der Waals surface area (Å²) in [4.78, 5) is 22.5. The SMILES string of the molecule is O=C(CCCOCCO)C(=O)NCCOCCO. The van der Waals surface area contributed by atoms with E-state index < -0.39 is 11.7 Å². The number of hydrogen-bond donors (Lipinski definition) is 3. The van der Waals surface area contributed by atoms with Gasteiger partial charge in [0.15, 0.2) is 0 Å². The van der Waals surface area contributed by atoms with Crippen LogP contribution in [0.1, 0.15) is 12.8 Å². The molecule has 0 unspecified atom stereocenters. The molecule has 0 radical (unpaired) electrons. The van der Waals surface area contributed by atoms with Gasteiger partial charge >= 0.3 is 0 Å². The van der Waals surface area contributed by atoms with Gasteiger partial charge < -0.3 is 25.0 Å². The molecule has 0 fully saturated rings. The Morgan fingerprint density at radius 3 is 2.17 bits per heavy atom. The fraction of sp³-hybridized carbons (Fsp3) is 0.818. The molecule has 1 amide bonds. The summed E-state index contributed by atoms with van der Waals surface area (Å²) in [6.07, 6.45) is 0.571. The van der Waals surface area contributed by atoms with Gasteiger partial charge in [0, 0.05) is 19.6 Å². The van der Waals surface area contributed by atoms with Gasteiger partial charge in [-0.25, -0.2) is 0 Å². The molecule has 7 heteroatoms. The van der Waals surface area contributed by atoms with Crippen LogP contribution in [0.25, 0.3) is 0 Å². The van der Waals surface area contributed by atoms with E-state index in [1.54, 1.807) is 0 Å². The van der Waals surface area contributed by atoms with Crippen molar-refractivity contribution >= 4 is 11.7 Å². The highest BCUT2D eigenvalue weighted by Gasteiger charge is 2.11. The molecule has 0 heterocycles. The van der Waals surface area contributed by atoms with Crippen molar-refractivity contribution in [3.05, 3.63) is 0 Å². The minimum Gasteiger partial charge on any atom is -0.394 e. The number of aliphatic hydroxyl groups is 2. The van der Waals surface area contributed by atoms with Crippen molar-refractivity contribution in [3.63, 3.8) is 0 Å². The number of Topliss-reactive ketones (excluding diaryl/α,β-unsaturated/α-hetero) is 1. The molecule has 0 saturated heterocycles. The number of carbonyl (C=O) groups excluding carboxylic acids is 2. The van der Waals surface area contributed by atoms with Crippen molar-refractivity contribution < 1.29 is 29.3 Å². The highest BCUT2D eigenvalue weighted by molar-refractivity contribution is 6.36. The zero-order chi connectivity index (χ0) is 13.6. The number of carbonyl (C=O) groups is 2. The lowest BCUT2D eigenvalue weighted by Gasteiger charge is -2.05. The number of nitrogens with one attached hydrogen (secondary N) is 1. The lowest BCUT2D eigenvalue weighted by molar-refractivity contribution is -0.138. The molecule has 18 heavy (non-hydrogen) atoms. The number of rotatable bonds is 12. The maximum Gasteiger partial charge on any atom is 0.287 e. The first-order valence-corrected chi connectivity index (χ1v) is 5.90. The molecule has 0 aromatic rings. The lowest BCUT2D eigenvalue weighted by atomic mass is 10.2. The van der Waals surface area contributed by atoms with Crippen LogP contribution in [-0.4, -0.2) is 68.1 Å². The third kappa shape index (κ3) is 10.2. The van der Waals surface area contributed by atoms with Crippen molar-refractivity contribution in [3.8, 4) is 0 Å². The van der Waals surface area contributed by atoms with Crippen molar-refractivity contribution in [1.82, 2.24) is 5.32 Å². The molecule has 0 rings (SSSR count). The molecule has 3 N–H and O–H groups in total. The molecule has 0 aliphatic carbocycles. The first kappa shape index (κ1) is 17.0. The molecule has 0 atom stereocenters. The standard InChI is InChI=1S/C11H21NO6/c13-4-8-17-6-1-2-10(15)11(16)12-3-7-18-9-5-14/h13-14H,1-9H2,(H,12,16). The fourth-order valence-corrected chi connectivity index (χ4v) is 1.12. The average molecular weight is 263 g/mol. The van der Waals surface area contributed by atoms with Crippen molar-refractivity contribution in [1.29, 1.82) is 0 Å². The summed E-state index contributed by atoms with van der Waals surface area (Å²) in [5.41, 5.74) is 0. The highest BCUT2D eigenvalue weighted by Crippen LogP contribution is 1.92. The zero-order valence-corrected chi connectivity index (χ0v) is 10.4. The Kier molecular flexibility index (Phi) is 11.7. The molecule has 106 valence electrons. The smallest absolute Gasteiger partial charge is 0.287 e. The average Bonchev–Trinajstić information content (AvgIpc) is 2.37. The molecule has 0 aromatic heterocycles. The number of aliphatic hydroxyl groups excluding tert-OH is 2. The van der Waals surface area contributed by atoms with Gasteiger partial charge in [-0.1, -0.05) is 0 Å². The van der Waals surface area contributed by atoms with E-state index in [0.717, 1.165) is 0 Å². The summed E-state index contributed by atoms with van der Waals surface area (Å²) in [5, 5.41) is 19.3. The molecule has 0 spiro atoms. The number of ketones is 1. The first-order chi connectivity index (χ1) is 8.72. The maximum atomic E-state index is 11.3. The largest absolute Gasteiger partial charge is 0.394 e. The molecule has 0 aliphatic rings. The quantitative estimate of drug-likeness (QED) is 0.291. The van der Waals surface area contributed by atoms with Crippen LogP contribution in [0.3, 0.4) is 0 Å². The van der Waals surface area contributed by atoms with E-state index in [1.807, 2.05) is 0 Å². The summed E-state index contributed by atoms with van der Waals surface area (Å²) < 4.78 is 9.88. The van der Waals surface area contributed by atoms with E-state index in [4.69, 9.17) is 19.7 Å². The van der Waals surface area contributed by atoms with Crippen molar-refractivity contribution in [2.75, 3.05) is 46.2 Å². The van der Waals surface area contributed by atoms with Crippen LogP contribution in [-0.2, 0) is 19.1 Å². The van der Waals surface area contributed by atoms with Crippen LogP contribution in [0, 0.1) is 0 Å². The zero-order valence-electron chi connectivity index (χ0n) is 10.4. The molecule has 0 bridgehead atoms. The highest BCUT2D eigenvalue weighted by atomic mass is 16.5. The molecular weight excluding hydrogens is 242 g/mol. The summed E-state index contributed by atoms with van der Waals surface area (Å²) in [6.45, 7) is 1.18. The second-order valence-electron chi connectivity index (χ2n) is 3.45. The van der Waals surface area contributed by atoms with Crippen LogP contribution >= 0.6 is 0 Å². The van der Waals surface area contributed by atoms with Crippen LogP contribution in [0.5, 0.6) is 0 Å². The van der Waals surface area contributed by atoms with Gasteiger partial charge in [-0.15, -0.1) is 0 Å². The maximum absolute atomic E-state index is 11.3. The summed E-state index contributed by atoms with van der Waals surface area (Å²) in [6, 6.07) is 0. The first-order valence-electron chi connectivity index (χ1n) is 5.90. The van der Waals surface area contributed by atoms with Crippen LogP contribution in [0.4, 0.5) is 0 Å². The number of amides is 1. The van der Waals surface area contributed by atoms with Gasteiger partial charge in [0.05, 0.1) is 33.0 Å². The second kappa shape index (κ2) is 12.4. The van der Waals surface area contributed by atoms with Crippen LogP contribution in [0.15, 0.2) is 0 Å². The van der Waals surface area contributed by atoms with Crippen LogP contribution < -0.4 is 5.32 Å². The summed E-state index contributed by atoms with van der Waals surface area (Å²) in [5.74, 6) is -1.13. The van der Waals surface area contributed by atoms with Crippen molar-refractivity contribution in [2.45, 2.75) is 12.8 Å². The Labute approximate surface area is 106 Å². The number of ether oxygens (including phenoxy) is 2. The predicted molar refractivity (Wildman–Crippen MR) is 63.1 cm³/mol. The van der Waals surface area contributed by atoms with E-state index in [0.29, 0.717) is 13.0 Å². The van der Waals surface area contributed by atoms with Gasteiger partial charge in [0.25, 0.3) is 5.91 Å². The Hall–Kier alpha value is -1.02. The Bertz CT molecular complexity index is 210. The molecule has 7 nitrogen and oxygen atoms in total. The Morgan fingerprint density at radius 1 is 0.944 bits per heavy atom. The summed E-state index contributed by atoms with van der Waals surface area (Å²) in [7, 11) is 0. The van der Waals surface area contributed by atoms with E-state index in [9.17, 15) is 9.59 Å². The normalized spacial score (nSPS) is 10.3. The third-order valence-electron chi connectivity index (χ3n) is 1.95. The molecule has 0 saturated carbocycles. The molecule has 0 aliphatic heterocycles. The second-order valence-corrected chi connectivity index (χ2v) is 3.45. The Morgan fingerprint density at radius 2 is 1.56 bits per heavy atom. The molecular formula is C11H21NO6. The van der Waals surface area contributed by atoms with Gasteiger partial charge in [-0.3, -0.25) is 9.59 Å². The van der Waals surface area contributed by atoms with E-state index in [2.05, 4.69) is 5.32 Å². The fourth-order valence-electron chi connectivity index (χ4n) is 1.12. The Balaban J connectivity index is 3.43. The predicted octanol–water partition coefficient (Wildman–Crippen LogP) is -1.53. The third-order valence-corrected chi connectivity index (χ3v) is 1.95. The monoisotopic (exact) mass is 263 g/mol. The topological polar surface area (TPSA) is 105 Å². The number of hydrogen-bond acceptors (Lipinski definition) is 6. The lowest BCUT2D eigenvalue weighted by Crippen LogP contribution is -2.33. The van der Waals surface area contributed by atoms with Gasteiger partial charge in [-0.05, 0) is 6.42 Å². The minimum absolute atomic E-state index is 0.0533. The van der Waals surface area contributed by atoms with E-state index >= 15 is 0 Å². The summed E-state index contributed by atoms with van der Waals surface area (Å²) >= 11 is 0. The van der Waals surface area contributed by atoms with E-state index in [1.165, 1.54) is 0 Å². The molecule has 0 aromatic carbocycles. The van der Waals surface area contributed by atoms with Gasteiger partial charge in [0.1, 0.15) is 0 Å².